The number of benzene rings is 3. The first-order valence-corrected chi connectivity index (χ1v) is 9.68. The molecule has 1 heterocycles. The standard InChI is InChI=1S/C24H17ClN2O3/c25-18-10-11-21(20(14-18)23(29)17-7-2-1-3-8-17)26-22(28)15-27-13-12-16-6-4-5-9-19(16)24(27)30/h1-14H,15H2,(H,26,28). The van der Waals surface area contributed by atoms with Crippen LogP contribution in [0.4, 0.5) is 5.69 Å². The smallest absolute Gasteiger partial charge is 0.258 e. The van der Waals surface area contributed by atoms with Crippen molar-refractivity contribution in [3.05, 3.63) is 112 Å². The van der Waals surface area contributed by atoms with Gasteiger partial charge in [-0.2, -0.15) is 0 Å². The molecule has 148 valence electrons. The summed E-state index contributed by atoms with van der Waals surface area (Å²) in [7, 11) is 0. The number of pyridine rings is 1. The molecule has 4 aromatic rings. The Bertz CT molecular complexity index is 1310. The molecule has 6 heteroatoms. The van der Waals surface area contributed by atoms with Gasteiger partial charge in [0.1, 0.15) is 6.54 Å². The minimum absolute atomic E-state index is 0.175. The number of fused-ring (bicyclic) bond motifs is 1. The molecule has 0 aliphatic rings. The van der Waals surface area contributed by atoms with Crippen molar-refractivity contribution in [2.45, 2.75) is 6.54 Å². The van der Waals surface area contributed by atoms with Crippen LogP contribution in [0.5, 0.6) is 0 Å². The summed E-state index contributed by atoms with van der Waals surface area (Å²) in [5.74, 6) is -0.673. The quantitative estimate of drug-likeness (QED) is 0.486. The van der Waals surface area contributed by atoms with E-state index in [4.69, 9.17) is 11.6 Å². The third-order valence-corrected chi connectivity index (χ3v) is 4.97. The van der Waals surface area contributed by atoms with E-state index in [0.29, 0.717) is 21.7 Å². The molecule has 0 radical (unpaired) electrons. The van der Waals surface area contributed by atoms with Crippen LogP contribution in [0, 0.1) is 0 Å². The fourth-order valence-electron chi connectivity index (χ4n) is 3.26. The number of halogens is 1. The number of carbonyl (C=O) groups excluding carboxylic acids is 2. The Labute approximate surface area is 177 Å². The molecular weight excluding hydrogens is 400 g/mol. The lowest BCUT2D eigenvalue weighted by molar-refractivity contribution is -0.116. The maximum atomic E-state index is 12.9. The van der Waals surface area contributed by atoms with Crippen molar-refractivity contribution in [1.82, 2.24) is 4.57 Å². The van der Waals surface area contributed by atoms with Crippen LogP contribution in [0.15, 0.2) is 89.9 Å². The van der Waals surface area contributed by atoms with Crippen LogP contribution in [0.1, 0.15) is 15.9 Å². The lowest BCUT2D eigenvalue weighted by Crippen LogP contribution is -2.27. The first kappa shape index (κ1) is 19.6. The Kier molecular flexibility index (Phi) is 5.46. The van der Waals surface area contributed by atoms with Gasteiger partial charge in [-0.05, 0) is 35.7 Å². The van der Waals surface area contributed by atoms with Crippen molar-refractivity contribution in [3.63, 3.8) is 0 Å². The molecule has 3 aromatic carbocycles. The van der Waals surface area contributed by atoms with Gasteiger partial charge in [0.05, 0.1) is 5.69 Å². The van der Waals surface area contributed by atoms with Crippen molar-refractivity contribution in [1.29, 1.82) is 0 Å². The van der Waals surface area contributed by atoms with E-state index in [0.717, 1.165) is 5.39 Å². The molecule has 4 rings (SSSR count). The average Bonchev–Trinajstić information content (AvgIpc) is 2.77. The number of rotatable bonds is 5. The molecule has 0 fully saturated rings. The maximum Gasteiger partial charge on any atom is 0.258 e. The molecule has 1 aromatic heterocycles. The number of hydrogen-bond donors (Lipinski definition) is 1. The Balaban J connectivity index is 1.61. The highest BCUT2D eigenvalue weighted by Crippen LogP contribution is 2.24. The molecule has 0 saturated carbocycles. The van der Waals surface area contributed by atoms with E-state index in [1.54, 1.807) is 60.8 Å². The molecule has 0 bridgehead atoms. The zero-order valence-corrected chi connectivity index (χ0v) is 16.6. The first-order valence-electron chi connectivity index (χ1n) is 9.30. The summed E-state index contributed by atoms with van der Waals surface area (Å²) in [5.41, 5.74) is 0.862. The van der Waals surface area contributed by atoms with Crippen LogP contribution in [-0.2, 0) is 11.3 Å². The highest BCUT2D eigenvalue weighted by molar-refractivity contribution is 6.31. The number of hydrogen-bond acceptors (Lipinski definition) is 3. The van der Waals surface area contributed by atoms with Gasteiger partial charge < -0.3 is 9.88 Å². The second-order valence-electron chi connectivity index (χ2n) is 6.77. The normalized spacial score (nSPS) is 10.7. The predicted molar refractivity (Wildman–Crippen MR) is 118 cm³/mol. The van der Waals surface area contributed by atoms with Crippen molar-refractivity contribution >= 4 is 39.8 Å². The third kappa shape index (κ3) is 4.02. The van der Waals surface area contributed by atoms with Crippen LogP contribution in [-0.4, -0.2) is 16.3 Å². The van der Waals surface area contributed by atoms with E-state index >= 15 is 0 Å². The van der Waals surface area contributed by atoms with Crippen molar-refractivity contribution in [2.24, 2.45) is 0 Å². The highest BCUT2D eigenvalue weighted by Gasteiger charge is 2.16. The number of ketones is 1. The van der Waals surface area contributed by atoms with E-state index < -0.39 is 5.91 Å². The van der Waals surface area contributed by atoms with Gasteiger partial charge in [0, 0.05) is 27.7 Å². The van der Waals surface area contributed by atoms with Crippen LogP contribution in [0.3, 0.4) is 0 Å². The van der Waals surface area contributed by atoms with Gasteiger partial charge in [-0.25, -0.2) is 0 Å². The number of nitrogens with one attached hydrogen (secondary N) is 1. The lowest BCUT2D eigenvalue weighted by Gasteiger charge is -2.12. The third-order valence-electron chi connectivity index (χ3n) is 4.74. The molecule has 5 nitrogen and oxygen atoms in total. The monoisotopic (exact) mass is 416 g/mol. The minimum atomic E-state index is -0.420. The van der Waals surface area contributed by atoms with Gasteiger partial charge in [0.15, 0.2) is 5.78 Å². The highest BCUT2D eigenvalue weighted by atomic mass is 35.5. The van der Waals surface area contributed by atoms with E-state index in [9.17, 15) is 14.4 Å². The van der Waals surface area contributed by atoms with Gasteiger partial charge in [-0.15, -0.1) is 0 Å². The Morgan fingerprint density at radius 3 is 2.43 bits per heavy atom. The van der Waals surface area contributed by atoms with Gasteiger partial charge >= 0.3 is 0 Å². The van der Waals surface area contributed by atoms with Gasteiger partial charge in [-0.3, -0.25) is 14.4 Å². The number of amides is 1. The number of carbonyl (C=O) groups is 2. The second kappa shape index (κ2) is 8.35. The van der Waals surface area contributed by atoms with Crippen molar-refractivity contribution in [3.8, 4) is 0 Å². The summed E-state index contributed by atoms with van der Waals surface area (Å²) in [6, 6.07) is 22.4. The summed E-state index contributed by atoms with van der Waals surface area (Å²) in [6.45, 7) is -0.175. The van der Waals surface area contributed by atoms with Crippen LogP contribution >= 0.6 is 11.6 Å². The largest absolute Gasteiger partial charge is 0.324 e. The fourth-order valence-corrected chi connectivity index (χ4v) is 3.43. The topological polar surface area (TPSA) is 68.2 Å². The molecule has 0 unspecified atom stereocenters. The molecule has 0 aliphatic heterocycles. The summed E-state index contributed by atoms with van der Waals surface area (Å²) < 4.78 is 1.34. The summed E-state index contributed by atoms with van der Waals surface area (Å²) in [4.78, 5) is 38.2. The molecule has 0 saturated heterocycles. The van der Waals surface area contributed by atoms with Crippen LogP contribution in [0.25, 0.3) is 10.8 Å². The van der Waals surface area contributed by atoms with Gasteiger partial charge in [0.25, 0.3) is 5.56 Å². The maximum absolute atomic E-state index is 12.9. The fraction of sp³-hybridized carbons (Fsp3) is 0.0417. The molecule has 1 amide bonds. The van der Waals surface area contributed by atoms with Crippen LogP contribution < -0.4 is 10.9 Å². The van der Waals surface area contributed by atoms with Crippen molar-refractivity contribution in [2.75, 3.05) is 5.32 Å². The minimum Gasteiger partial charge on any atom is -0.324 e. The lowest BCUT2D eigenvalue weighted by atomic mass is 10.0. The zero-order valence-electron chi connectivity index (χ0n) is 15.8. The predicted octanol–water partition coefficient (Wildman–Crippen LogP) is 4.52. The van der Waals surface area contributed by atoms with Crippen molar-refractivity contribution < 1.29 is 9.59 Å². The van der Waals surface area contributed by atoms with Crippen LogP contribution in [0.2, 0.25) is 5.02 Å². The Hall–Kier alpha value is -3.70. The Morgan fingerprint density at radius 2 is 1.63 bits per heavy atom. The summed E-state index contributed by atoms with van der Waals surface area (Å²) in [6.07, 6.45) is 1.59. The number of anilines is 1. The average molecular weight is 417 g/mol. The first-order chi connectivity index (χ1) is 14.5. The second-order valence-corrected chi connectivity index (χ2v) is 7.21. The molecule has 1 N–H and O–H groups in total. The van der Waals surface area contributed by atoms with E-state index in [1.165, 1.54) is 10.6 Å². The summed E-state index contributed by atoms with van der Waals surface area (Å²) in [5, 5.41) is 4.47. The number of aromatic nitrogens is 1. The molecule has 30 heavy (non-hydrogen) atoms. The zero-order chi connectivity index (χ0) is 21.1. The molecule has 0 aliphatic carbocycles. The van der Waals surface area contributed by atoms with E-state index in [-0.39, 0.29) is 23.5 Å². The number of nitrogens with zero attached hydrogens (tertiary/aromatic N) is 1. The van der Waals surface area contributed by atoms with Gasteiger partial charge in [-0.1, -0.05) is 60.1 Å². The van der Waals surface area contributed by atoms with E-state index in [1.807, 2.05) is 18.2 Å². The Morgan fingerprint density at radius 1 is 0.900 bits per heavy atom. The van der Waals surface area contributed by atoms with Gasteiger partial charge in [0.2, 0.25) is 5.91 Å². The van der Waals surface area contributed by atoms with E-state index in [2.05, 4.69) is 5.32 Å². The SMILES string of the molecule is O=C(Cn1ccc2ccccc2c1=O)Nc1ccc(Cl)cc1C(=O)c1ccccc1. The molecule has 0 spiro atoms. The molecular formula is C24H17ClN2O3. The molecule has 0 atom stereocenters. The summed E-state index contributed by atoms with van der Waals surface area (Å²) >= 11 is 6.08.